The molecule has 0 saturated carbocycles. The molecule has 0 bridgehead atoms. The number of rotatable bonds is 7. The Kier molecular flexibility index (Phi) is 8.43. The fourth-order valence-electron chi connectivity index (χ4n) is 2.94. The lowest BCUT2D eigenvalue weighted by molar-refractivity contribution is -0.144. The van der Waals surface area contributed by atoms with Gasteiger partial charge >= 0.3 is 18.0 Å². The maximum absolute atomic E-state index is 12.9. The molecular weight excluding hydrogens is 384 g/mol. The van der Waals surface area contributed by atoms with Crippen LogP contribution in [-0.2, 0) is 19.1 Å². The molecular formula is C19H26N2O6S. The normalized spacial score (nSPS) is 17.4. The molecule has 1 heterocycles. The summed E-state index contributed by atoms with van der Waals surface area (Å²) in [5.74, 6) is 1.27. The van der Waals surface area contributed by atoms with E-state index < -0.39 is 18.0 Å². The zero-order valence-corrected chi connectivity index (χ0v) is 17.1. The Balaban J connectivity index is 2.10. The van der Waals surface area contributed by atoms with Gasteiger partial charge in [-0.05, 0) is 24.1 Å². The van der Waals surface area contributed by atoms with Crippen LogP contribution >= 0.6 is 11.8 Å². The molecule has 0 unspecified atom stereocenters. The highest BCUT2D eigenvalue weighted by Crippen LogP contribution is 2.30. The van der Waals surface area contributed by atoms with Crippen molar-refractivity contribution in [3.05, 3.63) is 29.8 Å². The standard InChI is InChI=1S/C19H26N2O6S/c1-25-14-6-4-13(5-7-14)16-12-28-11-10-21(16)19(24)20-15(18(23)27-3)8-9-17(22)26-2/h4-7,15-16H,8-12H2,1-3H3,(H,20,24)/t15-,16-/m1/s1. The number of hydrogen-bond acceptors (Lipinski definition) is 7. The van der Waals surface area contributed by atoms with Crippen LogP contribution in [0.15, 0.2) is 24.3 Å². The van der Waals surface area contributed by atoms with E-state index in [0.29, 0.717) is 6.54 Å². The van der Waals surface area contributed by atoms with Crippen molar-refractivity contribution >= 4 is 29.7 Å². The van der Waals surface area contributed by atoms with E-state index in [2.05, 4.69) is 10.1 Å². The van der Waals surface area contributed by atoms with Crippen LogP contribution in [0.1, 0.15) is 24.4 Å². The number of carbonyl (C=O) groups excluding carboxylic acids is 3. The number of urea groups is 1. The average molecular weight is 410 g/mol. The smallest absolute Gasteiger partial charge is 0.328 e. The van der Waals surface area contributed by atoms with Crippen LogP contribution in [-0.4, -0.2) is 68.3 Å². The van der Waals surface area contributed by atoms with E-state index in [1.807, 2.05) is 24.3 Å². The fourth-order valence-corrected chi connectivity index (χ4v) is 4.02. The molecule has 1 saturated heterocycles. The fraction of sp³-hybridized carbons (Fsp3) is 0.526. The molecule has 2 atom stereocenters. The quantitative estimate of drug-likeness (QED) is 0.687. The molecule has 1 N–H and O–H groups in total. The van der Waals surface area contributed by atoms with Crippen LogP contribution in [0.4, 0.5) is 4.79 Å². The number of benzene rings is 1. The Morgan fingerprint density at radius 1 is 1.18 bits per heavy atom. The molecule has 154 valence electrons. The van der Waals surface area contributed by atoms with Gasteiger partial charge in [0.15, 0.2) is 0 Å². The van der Waals surface area contributed by atoms with E-state index in [0.717, 1.165) is 22.8 Å². The first-order valence-electron chi connectivity index (χ1n) is 8.93. The van der Waals surface area contributed by atoms with E-state index >= 15 is 0 Å². The molecule has 8 nitrogen and oxygen atoms in total. The summed E-state index contributed by atoms with van der Waals surface area (Å²) >= 11 is 1.77. The summed E-state index contributed by atoms with van der Waals surface area (Å²) < 4.78 is 14.6. The van der Waals surface area contributed by atoms with Gasteiger partial charge in [0.1, 0.15) is 11.8 Å². The third kappa shape index (κ3) is 5.79. The van der Waals surface area contributed by atoms with Crippen LogP contribution in [0.3, 0.4) is 0 Å². The monoisotopic (exact) mass is 410 g/mol. The number of esters is 2. The molecule has 2 rings (SSSR count). The summed E-state index contributed by atoms with van der Waals surface area (Å²) in [6, 6.07) is 6.19. The molecule has 0 aliphatic carbocycles. The number of hydrogen-bond donors (Lipinski definition) is 1. The number of ether oxygens (including phenoxy) is 3. The van der Waals surface area contributed by atoms with Crippen LogP contribution in [0.25, 0.3) is 0 Å². The van der Waals surface area contributed by atoms with Gasteiger partial charge in [-0.2, -0.15) is 11.8 Å². The average Bonchev–Trinajstić information content (AvgIpc) is 2.75. The third-order valence-corrected chi connectivity index (χ3v) is 5.56. The van der Waals surface area contributed by atoms with Crippen LogP contribution in [0.2, 0.25) is 0 Å². The molecule has 0 radical (unpaired) electrons. The van der Waals surface area contributed by atoms with E-state index in [1.54, 1.807) is 23.8 Å². The molecule has 1 aromatic carbocycles. The van der Waals surface area contributed by atoms with Crippen molar-refractivity contribution < 1.29 is 28.6 Å². The van der Waals surface area contributed by atoms with Gasteiger partial charge in [0.25, 0.3) is 0 Å². The lowest BCUT2D eigenvalue weighted by atomic mass is 10.1. The molecule has 0 spiro atoms. The van der Waals surface area contributed by atoms with Gasteiger partial charge in [-0.3, -0.25) is 4.79 Å². The molecule has 1 aliphatic heterocycles. The second kappa shape index (κ2) is 10.8. The number of methoxy groups -OCH3 is 3. The van der Waals surface area contributed by atoms with Gasteiger partial charge in [0.2, 0.25) is 0 Å². The minimum atomic E-state index is -0.914. The lowest BCUT2D eigenvalue weighted by Crippen LogP contribution is -2.51. The van der Waals surface area contributed by atoms with Crippen molar-refractivity contribution in [3.63, 3.8) is 0 Å². The van der Waals surface area contributed by atoms with Gasteiger partial charge in [0, 0.05) is 24.5 Å². The van der Waals surface area contributed by atoms with Crippen molar-refractivity contribution in [1.29, 1.82) is 0 Å². The Bertz CT molecular complexity index is 682. The van der Waals surface area contributed by atoms with Crippen molar-refractivity contribution in [2.24, 2.45) is 0 Å². The zero-order chi connectivity index (χ0) is 20.5. The number of nitrogens with one attached hydrogen (secondary N) is 1. The topological polar surface area (TPSA) is 94.2 Å². The maximum atomic E-state index is 12.9. The second-order valence-electron chi connectivity index (χ2n) is 6.20. The van der Waals surface area contributed by atoms with Crippen molar-refractivity contribution in [2.75, 3.05) is 39.4 Å². The van der Waals surface area contributed by atoms with Gasteiger partial charge in [-0.15, -0.1) is 0 Å². The highest BCUT2D eigenvalue weighted by molar-refractivity contribution is 7.99. The van der Waals surface area contributed by atoms with Crippen LogP contribution in [0, 0.1) is 0 Å². The Morgan fingerprint density at radius 2 is 1.89 bits per heavy atom. The largest absolute Gasteiger partial charge is 0.497 e. The Labute approximate surface area is 168 Å². The van der Waals surface area contributed by atoms with Crippen LogP contribution in [0.5, 0.6) is 5.75 Å². The molecule has 1 aromatic rings. The number of nitrogens with zero attached hydrogens (tertiary/aromatic N) is 1. The summed E-state index contributed by atoms with van der Waals surface area (Å²) in [6.07, 6.45) is 0.120. The highest BCUT2D eigenvalue weighted by Gasteiger charge is 2.31. The van der Waals surface area contributed by atoms with E-state index in [1.165, 1.54) is 14.2 Å². The van der Waals surface area contributed by atoms with Gasteiger partial charge in [-0.1, -0.05) is 12.1 Å². The number of carbonyl (C=O) groups is 3. The van der Waals surface area contributed by atoms with Gasteiger partial charge in [0.05, 0.1) is 27.4 Å². The summed E-state index contributed by atoms with van der Waals surface area (Å²) in [6.45, 7) is 0.554. The summed E-state index contributed by atoms with van der Waals surface area (Å²) in [5, 5.41) is 2.71. The lowest BCUT2D eigenvalue weighted by Gasteiger charge is -2.36. The summed E-state index contributed by atoms with van der Waals surface area (Å²) in [5.41, 5.74) is 0.993. The SMILES string of the molecule is COC(=O)CC[C@@H](NC(=O)N1CCSC[C@@H]1c1ccc(OC)cc1)C(=O)OC. The molecule has 9 heteroatoms. The minimum absolute atomic E-state index is 0.00824. The molecule has 28 heavy (non-hydrogen) atoms. The number of amides is 2. The van der Waals surface area contributed by atoms with E-state index in [4.69, 9.17) is 9.47 Å². The van der Waals surface area contributed by atoms with Crippen molar-refractivity contribution in [2.45, 2.75) is 24.9 Å². The third-order valence-electron chi connectivity index (χ3n) is 4.54. The molecule has 1 fully saturated rings. The zero-order valence-electron chi connectivity index (χ0n) is 16.3. The Morgan fingerprint density at radius 3 is 2.50 bits per heavy atom. The number of thioether (sulfide) groups is 1. The molecule has 0 aromatic heterocycles. The second-order valence-corrected chi connectivity index (χ2v) is 7.35. The van der Waals surface area contributed by atoms with Crippen molar-refractivity contribution in [1.82, 2.24) is 10.2 Å². The summed E-state index contributed by atoms with van der Waals surface area (Å²) in [4.78, 5) is 38.0. The Hall–Kier alpha value is -2.42. The molecule has 2 amide bonds. The summed E-state index contributed by atoms with van der Waals surface area (Å²) in [7, 11) is 4.13. The minimum Gasteiger partial charge on any atom is -0.497 e. The molecule has 1 aliphatic rings. The highest BCUT2D eigenvalue weighted by atomic mass is 32.2. The first kappa shape index (κ1) is 21.9. The first-order chi connectivity index (χ1) is 13.5. The maximum Gasteiger partial charge on any atom is 0.328 e. The van der Waals surface area contributed by atoms with E-state index in [-0.39, 0.29) is 24.9 Å². The van der Waals surface area contributed by atoms with Gasteiger partial charge in [-0.25, -0.2) is 9.59 Å². The predicted octanol–water partition coefficient (Wildman–Crippen LogP) is 1.99. The van der Waals surface area contributed by atoms with E-state index in [9.17, 15) is 14.4 Å². The van der Waals surface area contributed by atoms with Crippen molar-refractivity contribution in [3.8, 4) is 5.75 Å². The predicted molar refractivity (Wildman–Crippen MR) is 105 cm³/mol. The first-order valence-corrected chi connectivity index (χ1v) is 10.1. The van der Waals surface area contributed by atoms with Gasteiger partial charge < -0.3 is 24.4 Å². The van der Waals surface area contributed by atoms with Crippen LogP contribution < -0.4 is 10.1 Å².